The van der Waals surface area contributed by atoms with Crippen molar-refractivity contribution in [3.8, 4) is 0 Å². The molecule has 0 amide bonds. The second kappa shape index (κ2) is 6.24. The van der Waals surface area contributed by atoms with Crippen LogP contribution in [-0.4, -0.2) is 36.9 Å². The number of piperidine rings is 1. The molecule has 1 aromatic rings. The molecule has 2 aliphatic rings. The molecule has 1 aromatic carbocycles. The third-order valence-electron chi connectivity index (χ3n) is 4.95. The third-order valence-corrected chi connectivity index (χ3v) is 4.95. The summed E-state index contributed by atoms with van der Waals surface area (Å²) in [5.74, 6) is 1.47. The molecule has 0 radical (unpaired) electrons. The van der Waals surface area contributed by atoms with Gasteiger partial charge in [0.2, 0.25) is 0 Å². The molecule has 1 aliphatic carbocycles. The normalized spacial score (nSPS) is 26.8. The first-order valence-electron chi connectivity index (χ1n) is 7.89. The van der Waals surface area contributed by atoms with Crippen LogP contribution in [0, 0.1) is 23.6 Å². The van der Waals surface area contributed by atoms with Crippen molar-refractivity contribution in [2.45, 2.75) is 19.3 Å². The number of ketones is 1. The van der Waals surface area contributed by atoms with Gasteiger partial charge in [-0.25, -0.2) is 4.39 Å². The number of hydrogen-bond donors (Lipinski definition) is 1. The molecule has 4 heteroatoms. The molecule has 0 bridgehead atoms. The Morgan fingerprint density at radius 2 is 1.86 bits per heavy atom. The van der Waals surface area contributed by atoms with Gasteiger partial charge in [0.15, 0.2) is 5.78 Å². The van der Waals surface area contributed by atoms with Crippen LogP contribution >= 0.6 is 0 Å². The fourth-order valence-electron chi connectivity index (χ4n) is 3.38. The highest BCUT2D eigenvalue weighted by atomic mass is 19.1. The zero-order valence-corrected chi connectivity index (χ0v) is 12.3. The second-order valence-electron chi connectivity index (χ2n) is 6.44. The molecule has 1 saturated heterocycles. The third kappa shape index (κ3) is 3.50. The summed E-state index contributed by atoms with van der Waals surface area (Å²) in [6.07, 6.45) is 3.09. The zero-order valence-electron chi connectivity index (χ0n) is 12.3. The van der Waals surface area contributed by atoms with E-state index in [0.717, 1.165) is 50.9 Å². The van der Waals surface area contributed by atoms with Crippen molar-refractivity contribution in [1.82, 2.24) is 4.90 Å². The summed E-state index contributed by atoms with van der Waals surface area (Å²) in [6, 6.07) is 5.92. The van der Waals surface area contributed by atoms with E-state index in [2.05, 4.69) is 4.90 Å². The zero-order chi connectivity index (χ0) is 14.8. The molecule has 1 saturated carbocycles. The minimum Gasteiger partial charge on any atom is -0.330 e. The predicted molar refractivity (Wildman–Crippen MR) is 80.5 cm³/mol. The topological polar surface area (TPSA) is 46.3 Å². The van der Waals surface area contributed by atoms with Crippen molar-refractivity contribution < 1.29 is 9.18 Å². The summed E-state index contributed by atoms with van der Waals surface area (Å²) in [7, 11) is 0. The van der Waals surface area contributed by atoms with Gasteiger partial charge in [0.25, 0.3) is 0 Å². The van der Waals surface area contributed by atoms with Crippen molar-refractivity contribution in [2.75, 3.05) is 26.2 Å². The lowest BCUT2D eigenvalue weighted by molar-refractivity contribution is 0.0835. The van der Waals surface area contributed by atoms with Gasteiger partial charge in [-0.3, -0.25) is 4.79 Å². The highest BCUT2D eigenvalue weighted by molar-refractivity contribution is 5.97. The number of Topliss-reactive ketones (excluding diaryl/α,β-unsaturated/α-hetero) is 1. The highest BCUT2D eigenvalue weighted by Gasteiger charge is 2.37. The van der Waals surface area contributed by atoms with Gasteiger partial charge in [0.1, 0.15) is 5.82 Å². The predicted octanol–water partition coefficient (Wildman–Crippen LogP) is 2.32. The summed E-state index contributed by atoms with van der Waals surface area (Å²) < 4.78 is 12.9. The smallest absolute Gasteiger partial charge is 0.166 e. The van der Waals surface area contributed by atoms with Gasteiger partial charge < -0.3 is 10.6 Å². The van der Waals surface area contributed by atoms with Crippen molar-refractivity contribution in [2.24, 2.45) is 23.5 Å². The Hall–Kier alpha value is -1.26. The molecule has 0 spiro atoms. The minimum absolute atomic E-state index is 0.0937. The van der Waals surface area contributed by atoms with Crippen LogP contribution in [0.3, 0.4) is 0 Å². The van der Waals surface area contributed by atoms with Gasteiger partial charge in [-0.2, -0.15) is 0 Å². The Labute approximate surface area is 125 Å². The molecule has 2 unspecified atom stereocenters. The molecule has 3 nitrogen and oxygen atoms in total. The van der Waals surface area contributed by atoms with Crippen LogP contribution in [0.25, 0.3) is 0 Å². The molecule has 1 aliphatic heterocycles. The first-order chi connectivity index (χ1) is 10.2. The van der Waals surface area contributed by atoms with Crippen LogP contribution < -0.4 is 5.73 Å². The van der Waals surface area contributed by atoms with Crippen LogP contribution in [0.2, 0.25) is 0 Å². The molecular formula is C17H23FN2O. The number of likely N-dealkylation sites (tertiary alicyclic amines) is 1. The Morgan fingerprint density at radius 3 is 2.43 bits per heavy atom. The van der Waals surface area contributed by atoms with Gasteiger partial charge in [0, 0.05) is 18.0 Å². The first kappa shape index (κ1) is 14.7. The highest BCUT2D eigenvalue weighted by Crippen LogP contribution is 2.38. The molecular weight excluding hydrogens is 267 g/mol. The van der Waals surface area contributed by atoms with E-state index < -0.39 is 0 Å². The average Bonchev–Trinajstić information content (AvgIpc) is 3.26. The van der Waals surface area contributed by atoms with E-state index in [0.29, 0.717) is 5.56 Å². The Bertz CT molecular complexity index is 494. The molecule has 2 atom stereocenters. The number of benzene rings is 1. The second-order valence-corrected chi connectivity index (χ2v) is 6.44. The minimum atomic E-state index is -0.291. The fraction of sp³-hybridized carbons (Fsp3) is 0.588. The number of halogens is 1. The van der Waals surface area contributed by atoms with E-state index >= 15 is 0 Å². The lowest BCUT2D eigenvalue weighted by Crippen LogP contribution is -2.37. The van der Waals surface area contributed by atoms with Gasteiger partial charge in [-0.1, -0.05) is 0 Å². The Morgan fingerprint density at radius 1 is 1.19 bits per heavy atom. The molecule has 1 heterocycles. The SMILES string of the molecule is NCC1CC1CN1CCC(C(=O)c2ccc(F)cc2)CC1. The van der Waals surface area contributed by atoms with E-state index in [1.54, 1.807) is 12.1 Å². The average molecular weight is 290 g/mol. The first-order valence-corrected chi connectivity index (χ1v) is 7.89. The Kier molecular flexibility index (Phi) is 4.36. The quantitative estimate of drug-likeness (QED) is 0.847. The largest absolute Gasteiger partial charge is 0.330 e. The summed E-state index contributed by atoms with van der Waals surface area (Å²) in [6.45, 7) is 3.93. The molecule has 0 aromatic heterocycles. The summed E-state index contributed by atoms with van der Waals surface area (Å²) in [5.41, 5.74) is 6.32. The van der Waals surface area contributed by atoms with Crippen molar-refractivity contribution in [1.29, 1.82) is 0 Å². The summed E-state index contributed by atoms with van der Waals surface area (Å²) in [5, 5.41) is 0. The molecule has 21 heavy (non-hydrogen) atoms. The summed E-state index contributed by atoms with van der Waals surface area (Å²) >= 11 is 0. The standard InChI is InChI=1S/C17H23FN2O/c18-16-3-1-12(2-4-16)17(21)13-5-7-20(8-6-13)11-15-9-14(15)10-19/h1-4,13-15H,5-11,19H2. The van der Waals surface area contributed by atoms with E-state index in [4.69, 9.17) is 5.73 Å². The lowest BCUT2D eigenvalue weighted by Gasteiger charge is -2.31. The van der Waals surface area contributed by atoms with Crippen molar-refractivity contribution in [3.63, 3.8) is 0 Å². The van der Waals surface area contributed by atoms with Crippen LogP contribution in [0.1, 0.15) is 29.6 Å². The van der Waals surface area contributed by atoms with Crippen LogP contribution in [0.5, 0.6) is 0 Å². The number of carbonyl (C=O) groups is 1. The van der Waals surface area contributed by atoms with E-state index in [1.165, 1.54) is 18.6 Å². The van der Waals surface area contributed by atoms with Gasteiger partial charge >= 0.3 is 0 Å². The maximum absolute atomic E-state index is 12.9. The van der Waals surface area contributed by atoms with E-state index in [1.807, 2.05) is 0 Å². The van der Waals surface area contributed by atoms with E-state index in [-0.39, 0.29) is 17.5 Å². The number of nitrogens with zero attached hydrogens (tertiary/aromatic N) is 1. The maximum atomic E-state index is 12.9. The summed E-state index contributed by atoms with van der Waals surface area (Å²) in [4.78, 5) is 14.9. The maximum Gasteiger partial charge on any atom is 0.166 e. The van der Waals surface area contributed by atoms with Crippen LogP contribution in [-0.2, 0) is 0 Å². The van der Waals surface area contributed by atoms with Crippen LogP contribution in [0.15, 0.2) is 24.3 Å². The van der Waals surface area contributed by atoms with Crippen LogP contribution in [0.4, 0.5) is 4.39 Å². The van der Waals surface area contributed by atoms with E-state index in [9.17, 15) is 9.18 Å². The molecule has 2 N–H and O–H groups in total. The number of carbonyl (C=O) groups excluding carboxylic acids is 1. The monoisotopic (exact) mass is 290 g/mol. The number of hydrogen-bond acceptors (Lipinski definition) is 3. The lowest BCUT2D eigenvalue weighted by atomic mass is 9.89. The van der Waals surface area contributed by atoms with Gasteiger partial charge in [-0.15, -0.1) is 0 Å². The van der Waals surface area contributed by atoms with Crippen molar-refractivity contribution in [3.05, 3.63) is 35.6 Å². The number of rotatable bonds is 5. The Balaban J connectivity index is 1.49. The fourth-order valence-corrected chi connectivity index (χ4v) is 3.38. The molecule has 2 fully saturated rings. The van der Waals surface area contributed by atoms with Gasteiger partial charge in [-0.05, 0) is 75.0 Å². The number of nitrogens with two attached hydrogens (primary N) is 1. The molecule has 3 rings (SSSR count). The van der Waals surface area contributed by atoms with Crippen molar-refractivity contribution >= 4 is 5.78 Å². The molecule has 114 valence electrons. The van der Waals surface area contributed by atoms with Gasteiger partial charge in [0.05, 0.1) is 0 Å².